The Balaban J connectivity index is 4.35. The second kappa shape index (κ2) is 6.05. The number of hydrogen-bond donors (Lipinski definition) is 4. The van der Waals surface area contributed by atoms with Gasteiger partial charge < -0.3 is 21.3 Å². The molecule has 0 aromatic rings. The summed E-state index contributed by atoms with van der Waals surface area (Å²) >= 11 is 0. The van der Waals surface area contributed by atoms with E-state index in [-0.39, 0.29) is 25.0 Å². The van der Waals surface area contributed by atoms with Crippen LogP contribution in [0.3, 0.4) is 0 Å². The van der Waals surface area contributed by atoms with Crippen LogP contribution in [0.5, 0.6) is 0 Å². The molecule has 0 saturated carbocycles. The lowest BCUT2D eigenvalue weighted by atomic mass is 9.97. The van der Waals surface area contributed by atoms with E-state index in [1.54, 1.807) is 6.92 Å². The first-order valence-corrected chi connectivity index (χ1v) is 5.19. The highest BCUT2D eigenvalue weighted by Crippen LogP contribution is 2.08. The molecule has 5 heteroatoms. The van der Waals surface area contributed by atoms with Crippen molar-refractivity contribution in [1.82, 2.24) is 5.32 Å². The van der Waals surface area contributed by atoms with Gasteiger partial charge in [0, 0.05) is 0 Å². The van der Waals surface area contributed by atoms with E-state index in [2.05, 4.69) is 5.32 Å². The molecule has 2 atom stereocenters. The van der Waals surface area contributed by atoms with Gasteiger partial charge in [0.1, 0.15) is 0 Å². The Labute approximate surface area is 90.7 Å². The molecular weight excluding hydrogens is 196 g/mol. The number of carbonyl (C=O) groups is 1. The molecule has 5 nitrogen and oxygen atoms in total. The lowest BCUT2D eigenvalue weighted by molar-refractivity contribution is -0.126. The van der Waals surface area contributed by atoms with Crippen LogP contribution < -0.4 is 11.1 Å². The van der Waals surface area contributed by atoms with Crippen LogP contribution >= 0.6 is 0 Å². The van der Waals surface area contributed by atoms with Crippen molar-refractivity contribution in [1.29, 1.82) is 0 Å². The monoisotopic (exact) mass is 218 g/mol. The summed E-state index contributed by atoms with van der Waals surface area (Å²) in [7, 11) is 0. The molecule has 0 aromatic carbocycles. The van der Waals surface area contributed by atoms with Gasteiger partial charge in [-0.2, -0.15) is 0 Å². The fraction of sp³-hybridized carbons (Fsp3) is 0.900. The van der Waals surface area contributed by atoms with Crippen LogP contribution in [0.4, 0.5) is 0 Å². The van der Waals surface area contributed by atoms with Crippen molar-refractivity contribution in [2.75, 3.05) is 13.2 Å². The Morgan fingerprint density at radius 2 is 1.93 bits per heavy atom. The van der Waals surface area contributed by atoms with Crippen molar-refractivity contribution in [2.45, 2.75) is 38.8 Å². The summed E-state index contributed by atoms with van der Waals surface area (Å²) in [5.41, 5.74) is 4.71. The van der Waals surface area contributed by atoms with Crippen LogP contribution in [0.1, 0.15) is 27.2 Å². The molecule has 0 aliphatic carbocycles. The molecule has 0 aliphatic heterocycles. The molecule has 15 heavy (non-hydrogen) atoms. The number of carbonyl (C=O) groups excluding carboxylic acids is 1. The van der Waals surface area contributed by atoms with E-state index in [1.165, 1.54) is 0 Å². The number of rotatable bonds is 6. The number of nitrogens with one attached hydrogen (secondary N) is 1. The minimum absolute atomic E-state index is 0.0756. The number of nitrogens with two attached hydrogens (primary N) is 1. The minimum atomic E-state index is -0.998. The molecule has 2 unspecified atom stereocenters. The Morgan fingerprint density at radius 1 is 1.47 bits per heavy atom. The van der Waals surface area contributed by atoms with Crippen molar-refractivity contribution in [3.63, 3.8) is 0 Å². The highest BCUT2D eigenvalue weighted by atomic mass is 16.3. The highest BCUT2D eigenvalue weighted by molar-refractivity contribution is 5.82. The lowest BCUT2D eigenvalue weighted by Gasteiger charge is -2.29. The average Bonchev–Trinajstić information content (AvgIpc) is 2.26. The van der Waals surface area contributed by atoms with E-state index in [4.69, 9.17) is 15.9 Å². The molecule has 5 N–H and O–H groups in total. The van der Waals surface area contributed by atoms with Crippen molar-refractivity contribution >= 4 is 5.91 Å². The van der Waals surface area contributed by atoms with Crippen molar-refractivity contribution < 1.29 is 15.0 Å². The maximum Gasteiger partial charge on any atom is 0.237 e. The second-order valence-electron chi connectivity index (χ2n) is 4.28. The predicted octanol–water partition coefficient (Wildman–Crippen LogP) is -0.781. The largest absolute Gasteiger partial charge is 0.394 e. The summed E-state index contributed by atoms with van der Waals surface area (Å²) in [6.07, 6.45) is 0.809. The molecule has 0 saturated heterocycles. The quantitative estimate of drug-likeness (QED) is 0.470. The average molecular weight is 218 g/mol. The SMILES string of the molecule is CCC(C)C(N)C(=O)NC(C)(CO)CO. The minimum Gasteiger partial charge on any atom is -0.394 e. The molecule has 1 amide bonds. The first-order chi connectivity index (χ1) is 6.90. The Kier molecular flexibility index (Phi) is 5.79. The van der Waals surface area contributed by atoms with Gasteiger partial charge in [-0.1, -0.05) is 20.3 Å². The van der Waals surface area contributed by atoms with Gasteiger partial charge in [0.25, 0.3) is 0 Å². The predicted molar refractivity (Wildman–Crippen MR) is 58.1 cm³/mol. The second-order valence-corrected chi connectivity index (χ2v) is 4.28. The number of aliphatic hydroxyl groups is 2. The first-order valence-electron chi connectivity index (χ1n) is 5.19. The molecule has 0 rings (SSSR count). The summed E-state index contributed by atoms with van der Waals surface area (Å²) < 4.78 is 0. The van der Waals surface area contributed by atoms with Crippen LogP contribution in [-0.4, -0.2) is 40.9 Å². The molecule has 0 heterocycles. The fourth-order valence-electron chi connectivity index (χ4n) is 1.02. The van der Waals surface area contributed by atoms with E-state index in [9.17, 15) is 4.79 Å². The third-order valence-corrected chi connectivity index (χ3v) is 2.68. The zero-order valence-corrected chi connectivity index (χ0v) is 9.66. The molecule has 0 radical (unpaired) electrons. The molecular formula is C10H22N2O3. The van der Waals surface area contributed by atoms with Gasteiger partial charge in [-0.25, -0.2) is 0 Å². The van der Waals surface area contributed by atoms with Crippen LogP contribution in [-0.2, 0) is 4.79 Å². The van der Waals surface area contributed by atoms with Gasteiger partial charge in [-0.3, -0.25) is 4.79 Å². The molecule has 90 valence electrons. The van der Waals surface area contributed by atoms with Gasteiger partial charge in [0.15, 0.2) is 0 Å². The van der Waals surface area contributed by atoms with Gasteiger partial charge in [0.05, 0.1) is 24.8 Å². The number of amides is 1. The van der Waals surface area contributed by atoms with Crippen molar-refractivity contribution in [3.05, 3.63) is 0 Å². The summed E-state index contributed by atoms with van der Waals surface area (Å²) in [4.78, 5) is 11.6. The Bertz CT molecular complexity index is 205. The fourth-order valence-corrected chi connectivity index (χ4v) is 1.02. The summed E-state index contributed by atoms with van der Waals surface area (Å²) in [5.74, 6) is -0.262. The van der Waals surface area contributed by atoms with E-state index in [1.807, 2.05) is 13.8 Å². The zero-order chi connectivity index (χ0) is 12.1. The standard InChI is InChI=1S/C10H22N2O3/c1-4-7(2)8(11)9(15)12-10(3,5-13)6-14/h7-8,13-14H,4-6,11H2,1-3H3,(H,12,15). The summed E-state index contributed by atoms with van der Waals surface area (Å²) in [6.45, 7) is 4.77. The molecule has 0 aromatic heterocycles. The van der Waals surface area contributed by atoms with E-state index in [0.29, 0.717) is 0 Å². The normalized spacial score (nSPS) is 15.9. The van der Waals surface area contributed by atoms with Gasteiger partial charge in [0.2, 0.25) is 5.91 Å². The third-order valence-electron chi connectivity index (χ3n) is 2.68. The molecule has 0 spiro atoms. The van der Waals surface area contributed by atoms with Crippen LogP contribution in [0, 0.1) is 5.92 Å². The van der Waals surface area contributed by atoms with Gasteiger partial charge >= 0.3 is 0 Å². The highest BCUT2D eigenvalue weighted by Gasteiger charge is 2.28. The topological polar surface area (TPSA) is 95.6 Å². The van der Waals surface area contributed by atoms with Crippen molar-refractivity contribution in [2.24, 2.45) is 11.7 Å². The third kappa shape index (κ3) is 4.15. The van der Waals surface area contributed by atoms with Gasteiger partial charge in [-0.05, 0) is 12.8 Å². The zero-order valence-electron chi connectivity index (χ0n) is 9.66. The van der Waals surface area contributed by atoms with Crippen LogP contribution in [0.2, 0.25) is 0 Å². The summed E-state index contributed by atoms with van der Waals surface area (Å²) in [6, 6.07) is -0.604. The Hall–Kier alpha value is -0.650. The van der Waals surface area contributed by atoms with Gasteiger partial charge in [-0.15, -0.1) is 0 Å². The van der Waals surface area contributed by atoms with E-state index in [0.717, 1.165) is 6.42 Å². The summed E-state index contributed by atoms with van der Waals surface area (Å²) in [5, 5.41) is 20.5. The number of aliphatic hydroxyl groups excluding tert-OH is 2. The van der Waals surface area contributed by atoms with Crippen LogP contribution in [0.15, 0.2) is 0 Å². The molecule has 0 bridgehead atoms. The maximum atomic E-state index is 11.6. The molecule has 0 aliphatic rings. The smallest absolute Gasteiger partial charge is 0.237 e. The molecule has 0 fully saturated rings. The Morgan fingerprint density at radius 3 is 2.27 bits per heavy atom. The maximum absolute atomic E-state index is 11.6. The number of hydrogen-bond acceptors (Lipinski definition) is 4. The lowest BCUT2D eigenvalue weighted by Crippen LogP contribution is -2.57. The van der Waals surface area contributed by atoms with Crippen LogP contribution in [0.25, 0.3) is 0 Å². The van der Waals surface area contributed by atoms with E-state index < -0.39 is 11.6 Å². The first kappa shape index (κ1) is 14.3. The van der Waals surface area contributed by atoms with E-state index >= 15 is 0 Å². The van der Waals surface area contributed by atoms with Crippen molar-refractivity contribution in [3.8, 4) is 0 Å².